The Kier molecular flexibility index (Phi) is 3.60. The fraction of sp³-hybridized carbons (Fsp3) is 0.250. The van der Waals surface area contributed by atoms with Crippen LogP contribution in [-0.2, 0) is 31.9 Å². The summed E-state index contributed by atoms with van der Waals surface area (Å²) in [5.74, 6) is 0. The molecule has 0 aliphatic carbocycles. The number of hydrogen-bond donors (Lipinski definition) is 2. The number of sulfonamides is 1. The molecular formula is C8H10NO6S2. The monoisotopic (exact) mass is 280 g/mol. The van der Waals surface area contributed by atoms with Crippen LogP contribution in [0, 0.1) is 6.92 Å². The third-order valence-electron chi connectivity index (χ3n) is 2.12. The highest BCUT2D eigenvalue weighted by Gasteiger charge is 2.22. The van der Waals surface area contributed by atoms with Crippen LogP contribution in [0.15, 0.2) is 21.9 Å². The molecule has 0 heterocycles. The minimum absolute atomic E-state index is 0.0905. The number of rotatable bonds is 3. The highest BCUT2D eigenvalue weighted by atomic mass is 32.2. The van der Waals surface area contributed by atoms with Gasteiger partial charge in [-0.15, -0.1) is 0 Å². The van der Waals surface area contributed by atoms with Gasteiger partial charge >= 0.3 is 0 Å². The van der Waals surface area contributed by atoms with Gasteiger partial charge in [-0.2, -0.15) is 8.42 Å². The van der Waals surface area contributed by atoms with E-state index in [1.54, 1.807) is 0 Å². The molecule has 0 bridgehead atoms. The van der Waals surface area contributed by atoms with Crippen LogP contribution in [0.25, 0.3) is 0 Å². The molecule has 0 atom stereocenters. The molecule has 7 nitrogen and oxygen atoms in total. The van der Waals surface area contributed by atoms with E-state index in [1.165, 1.54) is 6.92 Å². The molecule has 0 aliphatic heterocycles. The van der Waals surface area contributed by atoms with Crippen LogP contribution in [-0.4, -0.2) is 21.4 Å². The van der Waals surface area contributed by atoms with Crippen molar-refractivity contribution in [3.63, 3.8) is 0 Å². The molecule has 17 heavy (non-hydrogen) atoms. The van der Waals surface area contributed by atoms with E-state index in [1.807, 2.05) is 0 Å². The number of primary sulfonamides is 1. The van der Waals surface area contributed by atoms with E-state index in [2.05, 4.69) is 0 Å². The van der Waals surface area contributed by atoms with Crippen molar-refractivity contribution in [2.75, 3.05) is 0 Å². The Labute approximate surface area is 98.7 Å². The first kappa shape index (κ1) is 14.1. The first-order valence-electron chi connectivity index (χ1n) is 4.29. The lowest BCUT2D eigenvalue weighted by molar-refractivity contribution is 0.177. The average molecular weight is 280 g/mol. The summed E-state index contributed by atoms with van der Waals surface area (Å²) in [6, 6.07) is 1.92. The predicted molar refractivity (Wildman–Crippen MR) is 56.8 cm³/mol. The smallest absolute Gasteiger partial charge is 0.282 e. The molecule has 0 aliphatic rings. The van der Waals surface area contributed by atoms with Crippen LogP contribution >= 0.6 is 0 Å². The summed E-state index contributed by atoms with van der Waals surface area (Å²) in [6.07, 6.45) is 0. The number of hydrogen-bond acceptors (Lipinski definition) is 4. The van der Waals surface area contributed by atoms with E-state index in [4.69, 9.17) is 9.69 Å². The highest BCUT2D eigenvalue weighted by molar-refractivity contribution is 7.89. The number of nitrogens with two attached hydrogens (primary N) is 1. The van der Waals surface area contributed by atoms with Crippen LogP contribution in [0.5, 0.6) is 0 Å². The van der Waals surface area contributed by atoms with Crippen molar-refractivity contribution in [1.29, 1.82) is 0 Å². The molecule has 0 unspecified atom stereocenters. The summed E-state index contributed by atoms with van der Waals surface area (Å²) in [6.45, 7) is 0.350. The van der Waals surface area contributed by atoms with Crippen molar-refractivity contribution < 1.29 is 26.5 Å². The molecule has 9 heteroatoms. The summed E-state index contributed by atoms with van der Waals surface area (Å²) < 4.78 is 53.4. The minimum atomic E-state index is -4.61. The van der Waals surface area contributed by atoms with Crippen molar-refractivity contribution in [2.45, 2.75) is 23.3 Å². The standard InChI is InChI=1S/C8H10NO6S2/c1-5-7(16(9,11)12)2-6(4-10)3-8(5)17(13,14)15/h2-3H,4H2,1H3,(H2,9,11,12)(H,13,14,15). The molecule has 1 aromatic rings. The molecule has 1 radical (unpaired) electrons. The van der Waals surface area contributed by atoms with Gasteiger partial charge in [-0.25, -0.2) is 18.7 Å². The Bertz CT molecular complexity index is 594. The second-order valence-electron chi connectivity index (χ2n) is 3.38. The Morgan fingerprint density at radius 3 is 2.00 bits per heavy atom. The molecular weight excluding hydrogens is 270 g/mol. The molecule has 1 aromatic carbocycles. The van der Waals surface area contributed by atoms with E-state index in [9.17, 15) is 21.9 Å². The van der Waals surface area contributed by atoms with E-state index in [0.717, 1.165) is 12.1 Å². The third kappa shape index (κ3) is 3.01. The minimum Gasteiger partial charge on any atom is -0.282 e. The fourth-order valence-electron chi connectivity index (χ4n) is 1.36. The summed E-state index contributed by atoms with van der Waals surface area (Å²) in [4.78, 5) is -1.12. The SMILES string of the molecule is Cc1c(S(N)(=O)=O)cc(C[O])cc1S(=O)(=O)O. The molecule has 0 saturated carbocycles. The zero-order valence-electron chi connectivity index (χ0n) is 8.74. The highest BCUT2D eigenvalue weighted by Crippen LogP contribution is 2.24. The maximum absolute atomic E-state index is 11.2. The Morgan fingerprint density at radius 1 is 1.18 bits per heavy atom. The van der Waals surface area contributed by atoms with Gasteiger partial charge in [0.25, 0.3) is 10.1 Å². The Balaban J connectivity index is 3.78. The molecule has 3 N–H and O–H groups in total. The lowest BCUT2D eigenvalue weighted by atomic mass is 10.1. The van der Waals surface area contributed by atoms with Gasteiger partial charge in [0.15, 0.2) is 0 Å². The quantitative estimate of drug-likeness (QED) is 0.740. The number of benzene rings is 1. The summed E-state index contributed by atoms with van der Waals surface area (Å²) >= 11 is 0. The van der Waals surface area contributed by atoms with Gasteiger partial charge in [-0.05, 0) is 30.2 Å². The summed E-state index contributed by atoms with van der Waals surface area (Å²) in [7, 11) is -8.77. The van der Waals surface area contributed by atoms with Gasteiger partial charge in [-0.3, -0.25) is 4.55 Å². The first-order chi connectivity index (χ1) is 7.57. The van der Waals surface area contributed by atoms with Crippen molar-refractivity contribution in [3.05, 3.63) is 23.3 Å². The van der Waals surface area contributed by atoms with Crippen molar-refractivity contribution in [3.8, 4) is 0 Å². The Morgan fingerprint density at radius 2 is 1.65 bits per heavy atom. The van der Waals surface area contributed by atoms with Crippen LogP contribution < -0.4 is 5.14 Å². The second-order valence-corrected chi connectivity index (χ2v) is 6.30. The van der Waals surface area contributed by atoms with Gasteiger partial charge in [0.2, 0.25) is 10.0 Å². The maximum atomic E-state index is 11.2. The van der Waals surface area contributed by atoms with Crippen molar-refractivity contribution in [2.24, 2.45) is 5.14 Å². The molecule has 0 aromatic heterocycles. The summed E-state index contributed by atoms with van der Waals surface area (Å²) in [5, 5.41) is 15.6. The van der Waals surface area contributed by atoms with Gasteiger partial charge in [-0.1, -0.05) is 0 Å². The van der Waals surface area contributed by atoms with Crippen LogP contribution in [0.1, 0.15) is 11.1 Å². The third-order valence-corrected chi connectivity index (χ3v) is 4.14. The van der Waals surface area contributed by atoms with Crippen molar-refractivity contribution >= 4 is 20.1 Å². The van der Waals surface area contributed by atoms with Gasteiger partial charge in [0, 0.05) is 0 Å². The fourth-order valence-corrected chi connectivity index (χ4v) is 3.08. The molecule has 0 fully saturated rings. The largest absolute Gasteiger partial charge is 0.294 e. The zero-order chi connectivity index (χ0) is 13.4. The predicted octanol–water partition coefficient (Wildman–Crippen LogP) is -0.180. The molecule has 1 rings (SSSR count). The summed E-state index contributed by atoms with van der Waals surface area (Å²) in [5.41, 5.74) is -0.306. The van der Waals surface area contributed by atoms with Crippen LogP contribution in [0.2, 0.25) is 0 Å². The molecule has 0 spiro atoms. The first-order valence-corrected chi connectivity index (χ1v) is 7.28. The van der Waals surface area contributed by atoms with Crippen molar-refractivity contribution in [1.82, 2.24) is 0 Å². The molecule has 0 amide bonds. The van der Waals surface area contributed by atoms with E-state index < -0.39 is 36.5 Å². The van der Waals surface area contributed by atoms with Gasteiger partial charge in [0.05, 0.1) is 9.79 Å². The average Bonchev–Trinajstić information content (AvgIpc) is 2.14. The lowest BCUT2D eigenvalue weighted by Crippen LogP contribution is -2.16. The molecule has 0 saturated heterocycles. The van der Waals surface area contributed by atoms with Gasteiger partial charge < -0.3 is 0 Å². The molecule has 95 valence electrons. The van der Waals surface area contributed by atoms with E-state index in [0.29, 0.717) is 0 Å². The topological polar surface area (TPSA) is 134 Å². The lowest BCUT2D eigenvalue weighted by Gasteiger charge is -2.09. The Hall–Kier alpha value is -1.00. The van der Waals surface area contributed by atoms with E-state index in [-0.39, 0.29) is 11.1 Å². The zero-order valence-corrected chi connectivity index (χ0v) is 10.4. The maximum Gasteiger partial charge on any atom is 0.294 e. The normalized spacial score (nSPS) is 12.7. The second kappa shape index (κ2) is 4.35. The van der Waals surface area contributed by atoms with E-state index >= 15 is 0 Å². The van der Waals surface area contributed by atoms with Gasteiger partial charge in [0.1, 0.15) is 6.61 Å². The van der Waals surface area contributed by atoms with Crippen LogP contribution in [0.4, 0.5) is 0 Å². The van der Waals surface area contributed by atoms with Crippen LogP contribution in [0.3, 0.4) is 0 Å².